The number of benzene rings is 1. The molecule has 1 unspecified atom stereocenters. The van der Waals surface area contributed by atoms with Gasteiger partial charge in [0.1, 0.15) is 41.1 Å². The van der Waals surface area contributed by atoms with Crippen LogP contribution in [0.5, 0.6) is 17.2 Å². The van der Waals surface area contributed by atoms with Crippen LogP contribution in [0.2, 0.25) is 0 Å². The summed E-state index contributed by atoms with van der Waals surface area (Å²) >= 11 is 0. The Morgan fingerprint density at radius 2 is 1.85 bits per heavy atom. The number of aromatic hydroxyl groups is 2. The molecule has 146 valence electrons. The van der Waals surface area contributed by atoms with Crippen molar-refractivity contribution in [2.24, 2.45) is 11.8 Å². The molecule has 0 amide bonds. The molecule has 1 aliphatic carbocycles. The van der Waals surface area contributed by atoms with Crippen LogP contribution in [0.1, 0.15) is 37.0 Å². The lowest BCUT2D eigenvalue weighted by Crippen LogP contribution is -2.56. The molecule has 1 aromatic rings. The predicted octanol–water partition coefficient (Wildman–Crippen LogP) is 0.169. The van der Waals surface area contributed by atoms with Gasteiger partial charge in [0.15, 0.2) is 5.78 Å². The first kappa shape index (κ1) is 20.4. The fraction of sp³-hybridized carbons (Fsp3) is 0.611. The minimum Gasteiger partial charge on any atom is -0.508 e. The maximum Gasteiger partial charge on any atom is 0.173 e. The zero-order chi connectivity index (χ0) is 19.6. The smallest absolute Gasteiger partial charge is 0.173 e. The summed E-state index contributed by atoms with van der Waals surface area (Å²) in [6.07, 6.45) is -4.82. The van der Waals surface area contributed by atoms with Gasteiger partial charge in [0, 0.05) is 30.6 Å². The molecular formula is C18H26O8. The first-order chi connectivity index (χ1) is 12.2. The molecule has 1 fully saturated rings. The van der Waals surface area contributed by atoms with Crippen LogP contribution in [0.25, 0.3) is 0 Å². The lowest BCUT2D eigenvalue weighted by Gasteiger charge is -2.39. The fourth-order valence-corrected chi connectivity index (χ4v) is 3.10. The number of phenols is 2. The lowest BCUT2D eigenvalue weighted by atomic mass is 9.81. The van der Waals surface area contributed by atoms with Crippen molar-refractivity contribution in [1.29, 1.82) is 0 Å². The van der Waals surface area contributed by atoms with E-state index in [9.17, 15) is 35.4 Å². The van der Waals surface area contributed by atoms with Gasteiger partial charge in [0.25, 0.3) is 0 Å². The van der Waals surface area contributed by atoms with Crippen molar-refractivity contribution >= 4 is 5.78 Å². The molecule has 0 saturated heterocycles. The number of carbonyl (C=O) groups excluding carboxylic acids is 1. The molecule has 8 heteroatoms. The molecular weight excluding hydrogens is 344 g/mol. The summed E-state index contributed by atoms with van der Waals surface area (Å²) in [5, 5.41) is 59.2. The van der Waals surface area contributed by atoms with Crippen molar-refractivity contribution in [3.8, 4) is 17.2 Å². The third kappa shape index (κ3) is 3.93. The Balaban J connectivity index is 2.37. The number of Topliss-reactive ketones (excluding diaryl/α,β-unsaturated/α-hetero) is 1. The van der Waals surface area contributed by atoms with Crippen LogP contribution < -0.4 is 4.74 Å². The quantitative estimate of drug-likeness (QED) is 0.388. The van der Waals surface area contributed by atoms with E-state index < -0.39 is 48.6 Å². The van der Waals surface area contributed by atoms with Crippen molar-refractivity contribution in [2.45, 2.75) is 51.1 Å². The highest BCUT2D eigenvalue weighted by Gasteiger charge is 2.44. The summed E-state index contributed by atoms with van der Waals surface area (Å²) in [7, 11) is 0. The molecule has 0 spiro atoms. The number of rotatable bonds is 6. The van der Waals surface area contributed by atoms with Gasteiger partial charge in [-0.05, 0) is 12.8 Å². The van der Waals surface area contributed by atoms with E-state index in [1.165, 1.54) is 0 Å². The number of hydrogen-bond donors (Lipinski definition) is 6. The van der Waals surface area contributed by atoms with Crippen molar-refractivity contribution in [3.05, 3.63) is 17.7 Å². The van der Waals surface area contributed by atoms with Crippen molar-refractivity contribution in [1.82, 2.24) is 0 Å². The van der Waals surface area contributed by atoms with Crippen molar-refractivity contribution < 1.29 is 40.2 Å². The fourth-order valence-electron chi connectivity index (χ4n) is 3.10. The van der Waals surface area contributed by atoms with E-state index in [1.807, 2.05) is 6.92 Å². The van der Waals surface area contributed by atoms with Crippen LogP contribution >= 0.6 is 0 Å². The molecule has 1 saturated carbocycles. The molecule has 0 aromatic heterocycles. The van der Waals surface area contributed by atoms with Gasteiger partial charge in [0.05, 0.1) is 6.10 Å². The second-order valence-corrected chi connectivity index (χ2v) is 6.82. The van der Waals surface area contributed by atoms with E-state index in [4.69, 9.17) is 4.74 Å². The first-order valence-electron chi connectivity index (χ1n) is 8.63. The van der Waals surface area contributed by atoms with Gasteiger partial charge in [-0.3, -0.25) is 4.79 Å². The topological polar surface area (TPSA) is 148 Å². The standard InChI is InChI=1S/C18H26O8/c1-3-8(2)15(22)14-11(21)5-10(20)6-12(14)26-13-4-9(7-19)16(23)18(25)17(13)24/h5-6,8-9,13,16-21,23-25H,3-4,7H2,1-2H3/t8?,9-,13-,16-,17+,18+/m1/s1. The number of carbonyl (C=O) groups is 1. The van der Waals surface area contributed by atoms with Gasteiger partial charge in [-0.15, -0.1) is 0 Å². The molecule has 0 radical (unpaired) electrons. The highest BCUT2D eigenvalue weighted by Crippen LogP contribution is 2.37. The largest absolute Gasteiger partial charge is 0.508 e. The Labute approximate surface area is 151 Å². The van der Waals surface area contributed by atoms with E-state index in [2.05, 4.69) is 0 Å². The van der Waals surface area contributed by atoms with Gasteiger partial charge in [0.2, 0.25) is 0 Å². The Hall–Kier alpha value is -1.87. The Kier molecular flexibility index (Phi) is 6.46. The molecule has 6 atom stereocenters. The van der Waals surface area contributed by atoms with Gasteiger partial charge >= 0.3 is 0 Å². The lowest BCUT2D eigenvalue weighted by molar-refractivity contribution is -0.157. The van der Waals surface area contributed by atoms with Crippen LogP contribution in [0.15, 0.2) is 12.1 Å². The summed E-state index contributed by atoms with van der Waals surface area (Å²) in [5.41, 5.74) is -0.120. The number of phenolic OH excluding ortho intramolecular Hbond substituents is 2. The summed E-state index contributed by atoms with van der Waals surface area (Å²) < 4.78 is 5.65. The number of ketones is 1. The van der Waals surface area contributed by atoms with E-state index in [0.717, 1.165) is 12.1 Å². The minimum atomic E-state index is -1.54. The Morgan fingerprint density at radius 1 is 1.19 bits per heavy atom. The monoisotopic (exact) mass is 370 g/mol. The molecule has 0 heterocycles. The van der Waals surface area contributed by atoms with Crippen LogP contribution in [0.4, 0.5) is 0 Å². The van der Waals surface area contributed by atoms with E-state index >= 15 is 0 Å². The van der Waals surface area contributed by atoms with Gasteiger partial charge < -0.3 is 35.4 Å². The molecule has 0 aliphatic heterocycles. The van der Waals surface area contributed by atoms with E-state index in [0.29, 0.717) is 6.42 Å². The average Bonchev–Trinajstić information content (AvgIpc) is 2.60. The van der Waals surface area contributed by atoms with E-state index in [-0.39, 0.29) is 29.3 Å². The second kappa shape index (κ2) is 8.22. The van der Waals surface area contributed by atoms with Gasteiger partial charge in [-0.25, -0.2) is 0 Å². The second-order valence-electron chi connectivity index (χ2n) is 6.82. The van der Waals surface area contributed by atoms with Crippen LogP contribution in [-0.4, -0.2) is 67.4 Å². The molecule has 8 nitrogen and oxygen atoms in total. The number of hydrogen-bond acceptors (Lipinski definition) is 8. The SMILES string of the molecule is CCC(C)C(=O)c1c(O)cc(O)cc1O[C@@H]1C[C@H](CO)[C@@H](O)[C@H](O)[C@H]1O. The Bertz CT molecular complexity index is 644. The van der Waals surface area contributed by atoms with Crippen molar-refractivity contribution in [3.63, 3.8) is 0 Å². The van der Waals surface area contributed by atoms with E-state index in [1.54, 1.807) is 6.92 Å². The summed E-state index contributed by atoms with van der Waals surface area (Å²) in [6.45, 7) is 3.08. The molecule has 26 heavy (non-hydrogen) atoms. The normalized spacial score (nSPS) is 30.0. The minimum absolute atomic E-state index is 0.0171. The maximum absolute atomic E-state index is 12.6. The molecule has 6 N–H and O–H groups in total. The summed E-state index contributed by atoms with van der Waals surface area (Å²) in [5.74, 6) is -2.42. The maximum atomic E-state index is 12.6. The third-order valence-electron chi connectivity index (χ3n) is 4.98. The van der Waals surface area contributed by atoms with Gasteiger partial charge in [-0.2, -0.15) is 0 Å². The number of ether oxygens (including phenoxy) is 1. The highest BCUT2D eigenvalue weighted by atomic mass is 16.5. The number of aliphatic hydroxyl groups is 4. The van der Waals surface area contributed by atoms with Crippen LogP contribution in [0.3, 0.4) is 0 Å². The summed E-state index contributed by atoms with van der Waals surface area (Å²) in [4.78, 5) is 12.6. The summed E-state index contributed by atoms with van der Waals surface area (Å²) in [6, 6.07) is 2.17. The zero-order valence-corrected chi connectivity index (χ0v) is 14.7. The third-order valence-corrected chi connectivity index (χ3v) is 4.98. The first-order valence-corrected chi connectivity index (χ1v) is 8.63. The predicted molar refractivity (Wildman–Crippen MR) is 91.2 cm³/mol. The number of aliphatic hydroxyl groups excluding tert-OH is 4. The Morgan fingerprint density at radius 3 is 2.42 bits per heavy atom. The van der Waals surface area contributed by atoms with Crippen molar-refractivity contribution in [2.75, 3.05) is 6.61 Å². The molecule has 2 rings (SSSR count). The molecule has 1 aliphatic rings. The van der Waals surface area contributed by atoms with Crippen LogP contribution in [-0.2, 0) is 0 Å². The zero-order valence-electron chi connectivity index (χ0n) is 14.7. The highest BCUT2D eigenvalue weighted by molar-refractivity contribution is 6.02. The molecule has 0 bridgehead atoms. The van der Waals surface area contributed by atoms with Crippen LogP contribution in [0, 0.1) is 11.8 Å². The average molecular weight is 370 g/mol. The molecule has 1 aromatic carbocycles. The van der Waals surface area contributed by atoms with Gasteiger partial charge in [-0.1, -0.05) is 13.8 Å².